The zero-order chi connectivity index (χ0) is 15.5. The molecule has 1 aliphatic rings. The predicted octanol–water partition coefficient (Wildman–Crippen LogP) is 4.13. The van der Waals surface area contributed by atoms with Crippen LogP contribution >= 0.6 is 0 Å². The zero-order valence-corrected chi connectivity index (χ0v) is 13.1. The summed E-state index contributed by atoms with van der Waals surface area (Å²) in [7, 11) is 0. The first-order chi connectivity index (χ1) is 11.4. The highest BCUT2D eigenvalue weighted by molar-refractivity contribution is 5.64. The van der Waals surface area contributed by atoms with Gasteiger partial charge in [0, 0.05) is 24.8 Å². The molecule has 3 heterocycles. The third-order valence-corrected chi connectivity index (χ3v) is 4.36. The van der Waals surface area contributed by atoms with Gasteiger partial charge in [-0.1, -0.05) is 30.3 Å². The monoisotopic (exact) mass is 304 g/mol. The van der Waals surface area contributed by atoms with Crippen LogP contribution in [0.1, 0.15) is 19.3 Å². The molecule has 1 aromatic carbocycles. The Morgan fingerprint density at radius 2 is 1.61 bits per heavy atom. The average molecular weight is 304 g/mol. The van der Waals surface area contributed by atoms with E-state index in [0.29, 0.717) is 0 Å². The van der Waals surface area contributed by atoms with Gasteiger partial charge in [-0.05, 0) is 37.0 Å². The number of rotatable bonds is 3. The Bertz CT molecular complexity index is 756. The molecule has 23 heavy (non-hydrogen) atoms. The van der Waals surface area contributed by atoms with Crippen LogP contribution in [0, 0.1) is 0 Å². The average Bonchev–Trinajstić information content (AvgIpc) is 3.14. The molecule has 2 aromatic heterocycles. The molecular weight excluding hydrogens is 284 g/mol. The van der Waals surface area contributed by atoms with Crippen LogP contribution in [0.15, 0.2) is 54.9 Å². The summed E-state index contributed by atoms with van der Waals surface area (Å²) in [6.45, 7) is 2.23. The lowest BCUT2D eigenvalue weighted by molar-refractivity contribution is 0.573. The van der Waals surface area contributed by atoms with Crippen molar-refractivity contribution >= 4 is 5.82 Å². The summed E-state index contributed by atoms with van der Waals surface area (Å²) in [6, 6.07) is 14.4. The van der Waals surface area contributed by atoms with Gasteiger partial charge in [-0.25, -0.2) is 9.97 Å². The second-order valence-corrected chi connectivity index (χ2v) is 5.96. The number of H-pyrrole nitrogens is 1. The van der Waals surface area contributed by atoms with Gasteiger partial charge in [0.25, 0.3) is 0 Å². The minimum Gasteiger partial charge on any atom is -0.357 e. The lowest BCUT2D eigenvalue weighted by atomic mass is 10.1. The fourth-order valence-corrected chi connectivity index (χ4v) is 3.07. The van der Waals surface area contributed by atoms with E-state index >= 15 is 0 Å². The van der Waals surface area contributed by atoms with Gasteiger partial charge < -0.3 is 9.88 Å². The second kappa shape index (κ2) is 6.24. The van der Waals surface area contributed by atoms with Gasteiger partial charge in [0.05, 0.1) is 11.9 Å². The van der Waals surface area contributed by atoms with Crippen molar-refractivity contribution in [1.29, 1.82) is 0 Å². The topological polar surface area (TPSA) is 44.8 Å². The Labute approximate surface area is 136 Å². The maximum atomic E-state index is 4.63. The number of pyridine rings is 1. The minimum absolute atomic E-state index is 0.863. The molecule has 0 saturated carbocycles. The van der Waals surface area contributed by atoms with Crippen molar-refractivity contribution in [3.8, 4) is 22.6 Å². The lowest BCUT2D eigenvalue weighted by Gasteiger charge is -2.27. The molecule has 0 bridgehead atoms. The molecule has 3 aromatic rings. The van der Waals surface area contributed by atoms with Crippen LogP contribution in [-0.4, -0.2) is 28.0 Å². The number of nitrogens with one attached hydrogen (secondary N) is 1. The van der Waals surface area contributed by atoms with Crippen LogP contribution in [0.25, 0.3) is 22.6 Å². The fraction of sp³-hybridized carbons (Fsp3) is 0.263. The van der Waals surface area contributed by atoms with Crippen LogP contribution in [0.5, 0.6) is 0 Å². The number of nitrogens with zero attached hydrogens (tertiary/aromatic N) is 3. The SMILES string of the molecule is c1ccc(-c2cnc(-c3ccc(N4CCCCC4)nc3)[nH]2)cc1. The van der Waals surface area contributed by atoms with Crippen LogP contribution in [0.3, 0.4) is 0 Å². The quantitative estimate of drug-likeness (QED) is 0.791. The van der Waals surface area contributed by atoms with E-state index in [2.05, 4.69) is 44.1 Å². The summed E-state index contributed by atoms with van der Waals surface area (Å²) >= 11 is 0. The van der Waals surface area contributed by atoms with E-state index in [4.69, 9.17) is 0 Å². The molecule has 0 aliphatic carbocycles. The van der Waals surface area contributed by atoms with Gasteiger partial charge in [0.2, 0.25) is 0 Å². The third kappa shape index (κ3) is 2.97. The second-order valence-electron chi connectivity index (χ2n) is 5.96. The molecule has 4 nitrogen and oxygen atoms in total. The summed E-state index contributed by atoms with van der Waals surface area (Å²) < 4.78 is 0. The van der Waals surface area contributed by atoms with Gasteiger partial charge >= 0.3 is 0 Å². The molecular formula is C19H20N4. The van der Waals surface area contributed by atoms with E-state index in [0.717, 1.165) is 41.6 Å². The largest absolute Gasteiger partial charge is 0.357 e. The van der Waals surface area contributed by atoms with Crippen molar-refractivity contribution in [2.24, 2.45) is 0 Å². The summed E-state index contributed by atoms with van der Waals surface area (Å²) in [4.78, 5) is 14.9. The van der Waals surface area contributed by atoms with Crippen molar-refractivity contribution in [1.82, 2.24) is 15.0 Å². The highest BCUT2D eigenvalue weighted by Crippen LogP contribution is 2.23. The number of aromatic nitrogens is 3. The number of piperidine rings is 1. The molecule has 4 rings (SSSR count). The van der Waals surface area contributed by atoms with E-state index in [-0.39, 0.29) is 0 Å². The minimum atomic E-state index is 0.863. The first kappa shape index (κ1) is 14.0. The normalized spacial score (nSPS) is 14.9. The highest BCUT2D eigenvalue weighted by atomic mass is 15.2. The summed E-state index contributed by atoms with van der Waals surface area (Å²) in [6.07, 6.45) is 7.66. The standard InChI is InChI=1S/C19H20N4/c1-3-7-15(8-4-1)17-14-21-19(22-17)16-9-10-18(20-13-16)23-11-5-2-6-12-23/h1,3-4,7-10,13-14H,2,5-6,11-12H2,(H,21,22). The molecule has 0 atom stereocenters. The van der Waals surface area contributed by atoms with Crippen LogP contribution in [0.2, 0.25) is 0 Å². The number of benzene rings is 1. The number of anilines is 1. The summed E-state index contributed by atoms with van der Waals surface area (Å²) in [5, 5.41) is 0. The van der Waals surface area contributed by atoms with Crippen LogP contribution < -0.4 is 4.90 Å². The molecule has 1 aliphatic heterocycles. The van der Waals surface area contributed by atoms with Crippen molar-refractivity contribution in [3.05, 3.63) is 54.9 Å². The molecule has 1 fully saturated rings. The van der Waals surface area contributed by atoms with Gasteiger partial charge in [0.1, 0.15) is 11.6 Å². The Morgan fingerprint density at radius 3 is 2.35 bits per heavy atom. The van der Waals surface area contributed by atoms with Crippen molar-refractivity contribution in [2.45, 2.75) is 19.3 Å². The Hall–Kier alpha value is -2.62. The van der Waals surface area contributed by atoms with Crippen molar-refractivity contribution in [3.63, 3.8) is 0 Å². The van der Waals surface area contributed by atoms with E-state index in [1.807, 2.05) is 30.6 Å². The van der Waals surface area contributed by atoms with E-state index in [9.17, 15) is 0 Å². The number of aromatic amines is 1. The van der Waals surface area contributed by atoms with E-state index in [1.54, 1.807) is 0 Å². The third-order valence-electron chi connectivity index (χ3n) is 4.36. The van der Waals surface area contributed by atoms with Gasteiger partial charge in [-0.2, -0.15) is 0 Å². The number of imidazole rings is 1. The van der Waals surface area contributed by atoms with Crippen molar-refractivity contribution in [2.75, 3.05) is 18.0 Å². The van der Waals surface area contributed by atoms with Crippen LogP contribution in [0.4, 0.5) is 5.82 Å². The van der Waals surface area contributed by atoms with E-state index in [1.165, 1.54) is 19.3 Å². The molecule has 0 spiro atoms. The molecule has 0 amide bonds. The fourth-order valence-electron chi connectivity index (χ4n) is 3.07. The maximum Gasteiger partial charge on any atom is 0.139 e. The Morgan fingerprint density at radius 1 is 0.783 bits per heavy atom. The van der Waals surface area contributed by atoms with Crippen molar-refractivity contribution < 1.29 is 0 Å². The maximum absolute atomic E-state index is 4.63. The molecule has 0 radical (unpaired) electrons. The molecule has 4 heteroatoms. The van der Waals surface area contributed by atoms with Gasteiger partial charge in [0.15, 0.2) is 0 Å². The zero-order valence-electron chi connectivity index (χ0n) is 13.1. The van der Waals surface area contributed by atoms with Gasteiger partial charge in [-0.15, -0.1) is 0 Å². The predicted molar refractivity (Wildman–Crippen MR) is 93.3 cm³/mol. The van der Waals surface area contributed by atoms with E-state index < -0.39 is 0 Å². The summed E-state index contributed by atoms with van der Waals surface area (Å²) in [5.74, 6) is 1.94. The molecule has 0 unspecified atom stereocenters. The van der Waals surface area contributed by atoms with Gasteiger partial charge in [-0.3, -0.25) is 0 Å². The first-order valence-corrected chi connectivity index (χ1v) is 8.22. The first-order valence-electron chi connectivity index (χ1n) is 8.22. The highest BCUT2D eigenvalue weighted by Gasteiger charge is 2.12. The molecule has 116 valence electrons. The molecule has 1 saturated heterocycles. The Balaban J connectivity index is 1.55. The number of hydrogen-bond donors (Lipinski definition) is 1. The Kier molecular flexibility index (Phi) is 3.80. The lowest BCUT2D eigenvalue weighted by Crippen LogP contribution is -2.29. The van der Waals surface area contributed by atoms with Crippen LogP contribution in [-0.2, 0) is 0 Å². The molecule has 1 N–H and O–H groups in total. The number of hydrogen-bond acceptors (Lipinski definition) is 3. The smallest absolute Gasteiger partial charge is 0.139 e. The summed E-state index contributed by atoms with van der Waals surface area (Å²) in [5.41, 5.74) is 3.19.